The highest BCUT2D eigenvalue weighted by Crippen LogP contribution is 2.27. The zero-order valence-electron chi connectivity index (χ0n) is 15.7. The number of hydrogen-bond donors (Lipinski definition) is 2. The summed E-state index contributed by atoms with van der Waals surface area (Å²) in [5.74, 6) is 2.02. The van der Waals surface area contributed by atoms with Crippen molar-refractivity contribution in [1.82, 2.24) is 5.32 Å². The average molecular weight is 358 g/mol. The number of methoxy groups -OCH3 is 3. The van der Waals surface area contributed by atoms with Crippen LogP contribution in [0.4, 0.5) is 5.69 Å². The van der Waals surface area contributed by atoms with Crippen molar-refractivity contribution in [3.63, 3.8) is 0 Å². The fraction of sp³-hybridized carbons (Fsp3) is 0.350. The van der Waals surface area contributed by atoms with Gasteiger partial charge < -0.3 is 24.8 Å². The maximum Gasteiger partial charge on any atom is 0.239 e. The lowest BCUT2D eigenvalue weighted by Gasteiger charge is -2.12. The summed E-state index contributed by atoms with van der Waals surface area (Å²) < 4.78 is 15.8. The second-order valence-corrected chi connectivity index (χ2v) is 5.85. The molecular weight excluding hydrogens is 332 g/mol. The van der Waals surface area contributed by atoms with Gasteiger partial charge in [0.1, 0.15) is 5.75 Å². The van der Waals surface area contributed by atoms with Crippen LogP contribution < -0.4 is 24.8 Å². The lowest BCUT2D eigenvalue weighted by atomic mass is 10.1. The molecule has 0 atom stereocenters. The summed E-state index contributed by atoms with van der Waals surface area (Å²) in [6.45, 7) is 2.72. The van der Waals surface area contributed by atoms with Crippen molar-refractivity contribution in [3.05, 3.63) is 47.5 Å². The fourth-order valence-electron chi connectivity index (χ4n) is 2.58. The summed E-state index contributed by atoms with van der Waals surface area (Å²) in [5, 5.41) is 6.02. The van der Waals surface area contributed by atoms with Crippen molar-refractivity contribution in [3.8, 4) is 17.2 Å². The summed E-state index contributed by atoms with van der Waals surface area (Å²) in [4.78, 5) is 12.1. The van der Waals surface area contributed by atoms with E-state index in [0.717, 1.165) is 16.8 Å². The first-order valence-electron chi connectivity index (χ1n) is 8.43. The summed E-state index contributed by atoms with van der Waals surface area (Å²) in [5.41, 5.74) is 2.97. The second kappa shape index (κ2) is 9.56. The molecule has 0 saturated carbocycles. The van der Waals surface area contributed by atoms with E-state index in [1.807, 2.05) is 43.3 Å². The van der Waals surface area contributed by atoms with Gasteiger partial charge in [-0.1, -0.05) is 12.1 Å². The van der Waals surface area contributed by atoms with Crippen LogP contribution in [0.2, 0.25) is 0 Å². The third-order valence-corrected chi connectivity index (χ3v) is 3.98. The van der Waals surface area contributed by atoms with Gasteiger partial charge in [-0.25, -0.2) is 0 Å². The monoisotopic (exact) mass is 358 g/mol. The molecule has 0 saturated heterocycles. The predicted octanol–water partition coefficient (Wildman–Crippen LogP) is 2.79. The van der Waals surface area contributed by atoms with Gasteiger partial charge in [0.2, 0.25) is 5.91 Å². The molecule has 140 valence electrons. The Labute approximate surface area is 154 Å². The molecule has 6 nitrogen and oxygen atoms in total. The van der Waals surface area contributed by atoms with E-state index in [2.05, 4.69) is 10.6 Å². The molecule has 26 heavy (non-hydrogen) atoms. The van der Waals surface area contributed by atoms with Crippen LogP contribution in [0.3, 0.4) is 0 Å². The Kier molecular flexibility index (Phi) is 7.14. The normalized spacial score (nSPS) is 10.2. The van der Waals surface area contributed by atoms with Gasteiger partial charge in [-0.15, -0.1) is 0 Å². The summed E-state index contributed by atoms with van der Waals surface area (Å²) in [7, 11) is 4.82. The van der Waals surface area contributed by atoms with E-state index in [0.29, 0.717) is 30.2 Å². The smallest absolute Gasteiger partial charge is 0.239 e. The number of amides is 1. The number of carbonyl (C=O) groups excluding carboxylic acids is 1. The number of carbonyl (C=O) groups is 1. The number of anilines is 1. The van der Waals surface area contributed by atoms with Crippen molar-refractivity contribution >= 4 is 11.6 Å². The Bertz CT molecular complexity index is 747. The molecule has 0 fully saturated rings. The number of aryl methyl sites for hydroxylation is 1. The molecule has 1 amide bonds. The molecule has 0 aliphatic carbocycles. The van der Waals surface area contributed by atoms with Crippen molar-refractivity contribution < 1.29 is 19.0 Å². The van der Waals surface area contributed by atoms with E-state index >= 15 is 0 Å². The SMILES string of the molecule is COc1ccc(C)cc1NCC(=O)NCCc1ccc(OC)c(OC)c1. The van der Waals surface area contributed by atoms with Gasteiger partial charge in [0, 0.05) is 6.54 Å². The average Bonchev–Trinajstić information content (AvgIpc) is 2.66. The van der Waals surface area contributed by atoms with E-state index in [1.165, 1.54) is 0 Å². The molecule has 0 heterocycles. The fourth-order valence-corrected chi connectivity index (χ4v) is 2.58. The van der Waals surface area contributed by atoms with Crippen LogP contribution in [-0.2, 0) is 11.2 Å². The topological polar surface area (TPSA) is 68.8 Å². The minimum atomic E-state index is -0.0750. The molecule has 0 aromatic heterocycles. The number of benzene rings is 2. The van der Waals surface area contributed by atoms with Crippen LogP contribution >= 0.6 is 0 Å². The van der Waals surface area contributed by atoms with Crippen LogP contribution in [-0.4, -0.2) is 40.3 Å². The maximum atomic E-state index is 12.1. The van der Waals surface area contributed by atoms with Crippen molar-refractivity contribution in [1.29, 1.82) is 0 Å². The van der Waals surface area contributed by atoms with E-state index in [-0.39, 0.29) is 12.5 Å². The Hall–Kier alpha value is -2.89. The van der Waals surface area contributed by atoms with Gasteiger partial charge in [-0.2, -0.15) is 0 Å². The van der Waals surface area contributed by atoms with E-state index in [1.54, 1.807) is 21.3 Å². The highest BCUT2D eigenvalue weighted by atomic mass is 16.5. The number of rotatable bonds is 9. The van der Waals surface area contributed by atoms with Crippen molar-refractivity contribution in [2.45, 2.75) is 13.3 Å². The molecule has 2 aromatic carbocycles. The third kappa shape index (κ3) is 5.31. The maximum absolute atomic E-state index is 12.1. The quantitative estimate of drug-likeness (QED) is 0.721. The largest absolute Gasteiger partial charge is 0.495 e. The minimum Gasteiger partial charge on any atom is -0.495 e. The lowest BCUT2D eigenvalue weighted by molar-refractivity contribution is -0.119. The summed E-state index contributed by atoms with van der Waals surface area (Å²) in [6, 6.07) is 11.5. The Morgan fingerprint density at radius 2 is 1.62 bits per heavy atom. The van der Waals surface area contributed by atoms with Crippen LogP contribution in [0, 0.1) is 6.92 Å². The second-order valence-electron chi connectivity index (χ2n) is 5.85. The van der Waals surface area contributed by atoms with Crippen LogP contribution in [0.1, 0.15) is 11.1 Å². The summed E-state index contributed by atoms with van der Waals surface area (Å²) >= 11 is 0. The van der Waals surface area contributed by atoms with Crippen LogP contribution in [0.5, 0.6) is 17.2 Å². The highest BCUT2D eigenvalue weighted by molar-refractivity contribution is 5.81. The minimum absolute atomic E-state index is 0.0750. The predicted molar refractivity (Wildman–Crippen MR) is 102 cm³/mol. The summed E-state index contributed by atoms with van der Waals surface area (Å²) in [6.07, 6.45) is 0.708. The van der Waals surface area contributed by atoms with Crippen molar-refractivity contribution in [2.75, 3.05) is 39.7 Å². The van der Waals surface area contributed by atoms with Crippen LogP contribution in [0.15, 0.2) is 36.4 Å². The molecule has 2 N–H and O–H groups in total. The Morgan fingerprint density at radius 3 is 2.31 bits per heavy atom. The van der Waals surface area contributed by atoms with E-state index in [9.17, 15) is 4.79 Å². The standard InChI is InChI=1S/C20H26N2O4/c1-14-5-7-17(24-2)16(11-14)22-13-20(23)21-10-9-15-6-8-18(25-3)19(12-15)26-4/h5-8,11-12,22H,9-10,13H2,1-4H3,(H,21,23). The van der Waals surface area contributed by atoms with Gasteiger partial charge in [0.25, 0.3) is 0 Å². The molecule has 0 spiro atoms. The Balaban J connectivity index is 1.81. The van der Waals surface area contributed by atoms with Gasteiger partial charge >= 0.3 is 0 Å². The molecule has 0 radical (unpaired) electrons. The first-order chi connectivity index (χ1) is 12.6. The third-order valence-electron chi connectivity index (χ3n) is 3.98. The molecule has 6 heteroatoms. The number of nitrogens with one attached hydrogen (secondary N) is 2. The van der Waals surface area contributed by atoms with E-state index in [4.69, 9.17) is 14.2 Å². The first kappa shape index (κ1) is 19.4. The number of ether oxygens (including phenoxy) is 3. The van der Waals surface area contributed by atoms with Gasteiger partial charge in [0.15, 0.2) is 11.5 Å². The highest BCUT2D eigenvalue weighted by Gasteiger charge is 2.07. The van der Waals surface area contributed by atoms with Crippen molar-refractivity contribution in [2.24, 2.45) is 0 Å². The van der Waals surface area contributed by atoms with E-state index < -0.39 is 0 Å². The van der Waals surface area contributed by atoms with Gasteiger partial charge in [0.05, 0.1) is 33.6 Å². The molecule has 0 bridgehead atoms. The molecule has 2 aromatic rings. The zero-order valence-corrected chi connectivity index (χ0v) is 15.7. The number of hydrogen-bond acceptors (Lipinski definition) is 5. The van der Waals surface area contributed by atoms with Gasteiger partial charge in [-0.3, -0.25) is 4.79 Å². The zero-order chi connectivity index (χ0) is 18.9. The van der Waals surface area contributed by atoms with Crippen LogP contribution in [0.25, 0.3) is 0 Å². The molecule has 0 unspecified atom stereocenters. The lowest BCUT2D eigenvalue weighted by Crippen LogP contribution is -2.31. The van der Waals surface area contributed by atoms with Gasteiger partial charge in [-0.05, 0) is 48.7 Å². The molecule has 0 aliphatic rings. The molecular formula is C20H26N2O4. The first-order valence-corrected chi connectivity index (χ1v) is 8.43. The Morgan fingerprint density at radius 1 is 0.923 bits per heavy atom. The molecule has 0 aliphatic heterocycles. The molecule has 2 rings (SSSR count).